The number of hydrogen-bond donors (Lipinski definition) is 2. The summed E-state index contributed by atoms with van der Waals surface area (Å²) in [5.41, 5.74) is 5.67. The van der Waals surface area contributed by atoms with Crippen molar-refractivity contribution in [1.82, 2.24) is 15.6 Å². The Hall–Kier alpha value is -2.63. The van der Waals surface area contributed by atoms with E-state index < -0.39 is 0 Å². The van der Waals surface area contributed by atoms with Gasteiger partial charge >= 0.3 is 0 Å². The number of aromatic amines is 1. The van der Waals surface area contributed by atoms with E-state index in [9.17, 15) is 4.79 Å². The van der Waals surface area contributed by atoms with Crippen molar-refractivity contribution in [3.05, 3.63) is 75.9 Å². The van der Waals surface area contributed by atoms with Gasteiger partial charge < -0.3 is 0 Å². The van der Waals surface area contributed by atoms with E-state index >= 15 is 0 Å². The molecule has 1 amide bonds. The minimum absolute atomic E-state index is 0.294. The largest absolute Gasteiger partial charge is 0.289 e. The van der Waals surface area contributed by atoms with Gasteiger partial charge in [-0.05, 0) is 36.8 Å². The third kappa shape index (κ3) is 4.07. The Balaban J connectivity index is 1.73. The summed E-state index contributed by atoms with van der Waals surface area (Å²) >= 11 is 12.0. The van der Waals surface area contributed by atoms with Gasteiger partial charge in [-0.2, -0.15) is 10.2 Å². The van der Waals surface area contributed by atoms with Crippen LogP contribution < -0.4 is 5.43 Å². The number of nitrogens with one attached hydrogen (secondary N) is 2. The zero-order valence-electron chi connectivity index (χ0n) is 13.3. The number of benzene rings is 2. The smallest absolute Gasteiger partial charge is 0.272 e. The Morgan fingerprint density at radius 3 is 2.56 bits per heavy atom. The summed E-state index contributed by atoms with van der Waals surface area (Å²) in [7, 11) is 0. The molecule has 0 aliphatic carbocycles. The molecule has 0 saturated heterocycles. The number of carbonyl (C=O) groups excluding carboxylic acids is 1. The first-order valence-corrected chi connectivity index (χ1v) is 8.21. The molecular weight excluding hydrogens is 359 g/mol. The van der Waals surface area contributed by atoms with E-state index in [1.54, 1.807) is 31.2 Å². The molecule has 0 aliphatic rings. The average molecular weight is 373 g/mol. The molecule has 0 atom stereocenters. The predicted octanol–water partition coefficient (Wildman–Crippen LogP) is 4.54. The fourth-order valence-corrected chi connectivity index (χ4v) is 2.55. The molecule has 0 bridgehead atoms. The first kappa shape index (κ1) is 17.2. The van der Waals surface area contributed by atoms with Gasteiger partial charge in [0, 0.05) is 10.6 Å². The maximum Gasteiger partial charge on any atom is 0.289 e. The highest BCUT2D eigenvalue weighted by atomic mass is 35.5. The van der Waals surface area contributed by atoms with Gasteiger partial charge in [0.25, 0.3) is 5.91 Å². The van der Waals surface area contributed by atoms with Gasteiger partial charge in [0.1, 0.15) is 5.69 Å². The van der Waals surface area contributed by atoms with Crippen LogP contribution >= 0.6 is 23.2 Å². The molecule has 3 rings (SSSR count). The van der Waals surface area contributed by atoms with E-state index in [1.807, 2.05) is 30.3 Å². The monoisotopic (exact) mass is 372 g/mol. The molecule has 1 heterocycles. The van der Waals surface area contributed by atoms with Crippen molar-refractivity contribution in [2.45, 2.75) is 6.92 Å². The molecule has 3 aromatic rings. The number of nitrogens with zero attached hydrogens (tertiary/aromatic N) is 2. The first-order chi connectivity index (χ1) is 12.0. The molecule has 1 aromatic heterocycles. The zero-order valence-corrected chi connectivity index (χ0v) is 14.8. The van der Waals surface area contributed by atoms with Crippen molar-refractivity contribution in [2.24, 2.45) is 5.10 Å². The Bertz CT molecular complexity index is 932. The van der Waals surface area contributed by atoms with Gasteiger partial charge in [0.05, 0.1) is 16.4 Å². The lowest BCUT2D eigenvalue weighted by atomic mass is 10.1. The molecular formula is C18H14Cl2N4O. The van der Waals surface area contributed by atoms with E-state index in [0.717, 1.165) is 11.1 Å². The van der Waals surface area contributed by atoms with Crippen LogP contribution in [-0.2, 0) is 0 Å². The molecule has 2 N–H and O–H groups in total. The number of aromatic nitrogens is 2. The topological polar surface area (TPSA) is 70.1 Å². The quantitative estimate of drug-likeness (QED) is 0.521. The Labute approximate surface area is 154 Å². The molecule has 126 valence electrons. The van der Waals surface area contributed by atoms with Gasteiger partial charge in [0.15, 0.2) is 0 Å². The molecule has 0 radical (unpaired) electrons. The van der Waals surface area contributed by atoms with E-state index in [4.69, 9.17) is 23.2 Å². The zero-order chi connectivity index (χ0) is 17.8. The van der Waals surface area contributed by atoms with Crippen LogP contribution in [0.25, 0.3) is 11.3 Å². The maximum absolute atomic E-state index is 12.2. The number of H-pyrrole nitrogens is 1. The van der Waals surface area contributed by atoms with E-state index in [2.05, 4.69) is 20.7 Å². The highest BCUT2D eigenvalue weighted by Crippen LogP contribution is 2.26. The molecule has 0 saturated carbocycles. The van der Waals surface area contributed by atoms with Crippen LogP contribution in [0.1, 0.15) is 23.0 Å². The molecule has 0 aliphatic heterocycles. The fourth-order valence-electron chi connectivity index (χ4n) is 2.20. The normalized spacial score (nSPS) is 11.4. The Morgan fingerprint density at radius 2 is 1.84 bits per heavy atom. The molecule has 5 nitrogen and oxygen atoms in total. The van der Waals surface area contributed by atoms with Crippen molar-refractivity contribution >= 4 is 34.8 Å². The van der Waals surface area contributed by atoms with Crippen LogP contribution in [0.5, 0.6) is 0 Å². The minimum Gasteiger partial charge on any atom is -0.272 e. The molecule has 0 fully saturated rings. The second-order valence-corrected chi connectivity index (χ2v) is 6.14. The lowest BCUT2D eigenvalue weighted by Gasteiger charge is -2.02. The number of amides is 1. The standard InChI is InChI=1S/C18H14Cl2N4O/c1-11(12-6-8-13(19)9-7-12)21-24-18(25)17-10-16(22-23-17)14-4-2-3-5-15(14)20/h2-10H,1H3,(H,22,23)(H,24,25)/b21-11-. The molecule has 0 spiro atoms. The van der Waals surface area contributed by atoms with Crippen LogP contribution in [0.15, 0.2) is 59.7 Å². The lowest BCUT2D eigenvalue weighted by molar-refractivity contribution is 0.0950. The number of carbonyl (C=O) groups is 1. The Kier molecular flexibility index (Phi) is 5.16. The van der Waals surface area contributed by atoms with Crippen molar-refractivity contribution in [2.75, 3.05) is 0 Å². The van der Waals surface area contributed by atoms with Crippen LogP contribution in [0, 0.1) is 0 Å². The van der Waals surface area contributed by atoms with Crippen molar-refractivity contribution in [3.63, 3.8) is 0 Å². The van der Waals surface area contributed by atoms with Crippen LogP contribution in [-0.4, -0.2) is 21.8 Å². The molecule has 7 heteroatoms. The summed E-state index contributed by atoms with van der Waals surface area (Å²) in [4.78, 5) is 12.2. The van der Waals surface area contributed by atoms with Crippen molar-refractivity contribution < 1.29 is 4.79 Å². The van der Waals surface area contributed by atoms with E-state index in [-0.39, 0.29) is 5.91 Å². The first-order valence-electron chi connectivity index (χ1n) is 7.45. The number of hydrazone groups is 1. The maximum atomic E-state index is 12.2. The van der Waals surface area contributed by atoms with Gasteiger partial charge in [-0.15, -0.1) is 0 Å². The van der Waals surface area contributed by atoms with Gasteiger partial charge in [-0.1, -0.05) is 53.5 Å². The van der Waals surface area contributed by atoms with Crippen LogP contribution in [0.4, 0.5) is 0 Å². The van der Waals surface area contributed by atoms with Crippen molar-refractivity contribution in [3.8, 4) is 11.3 Å². The SMILES string of the molecule is C/C(=N/NC(=O)c1cc(-c2ccccc2Cl)n[nH]1)c1ccc(Cl)cc1. The van der Waals surface area contributed by atoms with Gasteiger partial charge in [-0.25, -0.2) is 5.43 Å². The molecule has 0 unspecified atom stereocenters. The lowest BCUT2D eigenvalue weighted by Crippen LogP contribution is -2.19. The number of hydrogen-bond acceptors (Lipinski definition) is 3. The summed E-state index contributed by atoms with van der Waals surface area (Å²) in [6, 6.07) is 16.1. The summed E-state index contributed by atoms with van der Waals surface area (Å²) in [5, 5.41) is 12.1. The van der Waals surface area contributed by atoms with E-state index in [1.165, 1.54) is 0 Å². The van der Waals surface area contributed by atoms with Gasteiger partial charge in [-0.3, -0.25) is 9.89 Å². The predicted molar refractivity (Wildman–Crippen MR) is 100 cm³/mol. The summed E-state index contributed by atoms with van der Waals surface area (Å²) in [5.74, 6) is -0.390. The fraction of sp³-hybridized carbons (Fsp3) is 0.0556. The molecule has 25 heavy (non-hydrogen) atoms. The second kappa shape index (κ2) is 7.51. The summed E-state index contributed by atoms with van der Waals surface area (Å²) in [6.07, 6.45) is 0. The van der Waals surface area contributed by atoms with E-state index in [0.29, 0.717) is 27.1 Å². The minimum atomic E-state index is -0.390. The van der Waals surface area contributed by atoms with Crippen molar-refractivity contribution in [1.29, 1.82) is 0 Å². The average Bonchev–Trinajstić information content (AvgIpc) is 3.10. The summed E-state index contributed by atoms with van der Waals surface area (Å²) < 4.78 is 0. The van der Waals surface area contributed by atoms with Gasteiger partial charge in [0.2, 0.25) is 0 Å². The van der Waals surface area contributed by atoms with Crippen LogP contribution in [0.3, 0.4) is 0 Å². The highest BCUT2D eigenvalue weighted by Gasteiger charge is 2.12. The highest BCUT2D eigenvalue weighted by molar-refractivity contribution is 6.33. The van der Waals surface area contributed by atoms with Crippen LogP contribution in [0.2, 0.25) is 10.0 Å². The summed E-state index contributed by atoms with van der Waals surface area (Å²) in [6.45, 7) is 1.80. The second-order valence-electron chi connectivity index (χ2n) is 5.29. The third-order valence-corrected chi connectivity index (χ3v) is 4.14. The molecule has 2 aromatic carbocycles. The Morgan fingerprint density at radius 1 is 1.12 bits per heavy atom. The third-order valence-electron chi connectivity index (χ3n) is 3.56. The number of rotatable bonds is 4. The number of halogens is 2.